The highest BCUT2D eigenvalue weighted by Crippen LogP contribution is 2.27. The van der Waals surface area contributed by atoms with Gasteiger partial charge in [0.1, 0.15) is 0 Å². The first-order valence-electron chi connectivity index (χ1n) is 6.67. The SMILES string of the molecule is CC1OCCC1C(=O)N(C)C1CCCCC1O. The Hall–Kier alpha value is -0.610. The van der Waals surface area contributed by atoms with Gasteiger partial charge < -0.3 is 14.7 Å². The fraction of sp³-hybridized carbons (Fsp3) is 0.923. The third-order valence-corrected chi connectivity index (χ3v) is 4.23. The van der Waals surface area contributed by atoms with Gasteiger partial charge in [0.25, 0.3) is 0 Å². The Balaban J connectivity index is 1.98. The Morgan fingerprint density at radius 3 is 2.59 bits per heavy atom. The molecule has 4 atom stereocenters. The van der Waals surface area contributed by atoms with Gasteiger partial charge in [-0.05, 0) is 26.2 Å². The number of hydrogen-bond donors (Lipinski definition) is 1. The fourth-order valence-electron chi connectivity index (χ4n) is 3.02. The average Bonchev–Trinajstić information content (AvgIpc) is 2.74. The van der Waals surface area contributed by atoms with Crippen molar-refractivity contribution in [3.63, 3.8) is 0 Å². The minimum Gasteiger partial charge on any atom is -0.391 e. The lowest BCUT2D eigenvalue weighted by Crippen LogP contribution is -2.49. The zero-order valence-electron chi connectivity index (χ0n) is 10.8. The van der Waals surface area contributed by atoms with E-state index in [4.69, 9.17) is 4.74 Å². The van der Waals surface area contributed by atoms with E-state index in [0.29, 0.717) is 6.61 Å². The predicted molar refractivity (Wildman–Crippen MR) is 64.6 cm³/mol. The second kappa shape index (κ2) is 5.36. The van der Waals surface area contributed by atoms with Crippen molar-refractivity contribution < 1.29 is 14.6 Å². The number of carbonyl (C=O) groups excluding carboxylic acids is 1. The third kappa shape index (κ3) is 2.63. The van der Waals surface area contributed by atoms with Crippen molar-refractivity contribution in [3.8, 4) is 0 Å². The summed E-state index contributed by atoms with van der Waals surface area (Å²) in [6, 6.07) is 0.00375. The number of amides is 1. The van der Waals surface area contributed by atoms with Crippen LogP contribution in [-0.4, -0.2) is 47.8 Å². The standard InChI is InChI=1S/C13H23NO3/c1-9-10(7-8-17-9)13(16)14(2)11-5-3-4-6-12(11)15/h9-12,15H,3-8H2,1-2H3. The number of likely N-dealkylation sites (N-methyl/N-ethyl adjacent to an activating group) is 1. The summed E-state index contributed by atoms with van der Waals surface area (Å²) in [7, 11) is 1.83. The number of ether oxygens (including phenoxy) is 1. The molecule has 0 bridgehead atoms. The number of hydrogen-bond acceptors (Lipinski definition) is 3. The van der Waals surface area contributed by atoms with Crippen molar-refractivity contribution >= 4 is 5.91 Å². The third-order valence-electron chi connectivity index (χ3n) is 4.23. The molecule has 1 N–H and O–H groups in total. The zero-order valence-corrected chi connectivity index (χ0v) is 10.8. The van der Waals surface area contributed by atoms with E-state index in [1.54, 1.807) is 4.90 Å². The van der Waals surface area contributed by atoms with Crippen LogP contribution in [0.25, 0.3) is 0 Å². The van der Waals surface area contributed by atoms with Gasteiger partial charge in [-0.2, -0.15) is 0 Å². The summed E-state index contributed by atoms with van der Waals surface area (Å²) in [6.07, 6.45) is 4.40. The zero-order chi connectivity index (χ0) is 12.4. The molecule has 1 amide bonds. The summed E-state index contributed by atoms with van der Waals surface area (Å²) in [5, 5.41) is 9.97. The minimum absolute atomic E-state index is 0.00375. The van der Waals surface area contributed by atoms with Crippen LogP contribution in [0.5, 0.6) is 0 Å². The topological polar surface area (TPSA) is 49.8 Å². The molecule has 4 nitrogen and oxygen atoms in total. The van der Waals surface area contributed by atoms with Crippen molar-refractivity contribution in [2.24, 2.45) is 5.92 Å². The smallest absolute Gasteiger partial charge is 0.228 e. The molecule has 4 unspecified atom stereocenters. The Labute approximate surface area is 103 Å². The van der Waals surface area contributed by atoms with Crippen LogP contribution in [0.3, 0.4) is 0 Å². The van der Waals surface area contributed by atoms with Crippen molar-refractivity contribution in [1.82, 2.24) is 4.90 Å². The van der Waals surface area contributed by atoms with E-state index in [1.165, 1.54) is 0 Å². The lowest BCUT2D eigenvalue weighted by atomic mass is 9.90. The first-order valence-corrected chi connectivity index (χ1v) is 6.67. The van der Waals surface area contributed by atoms with E-state index in [9.17, 15) is 9.90 Å². The molecule has 17 heavy (non-hydrogen) atoms. The van der Waals surface area contributed by atoms with Gasteiger partial charge in [-0.1, -0.05) is 12.8 Å². The van der Waals surface area contributed by atoms with Gasteiger partial charge >= 0.3 is 0 Å². The summed E-state index contributed by atoms with van der Waals surface area (Å²) in [6.45, 7) is 2.64. The van der Waals surface area contributed by atoms with E-state index < -0.39 is 0 Å². The van der Waals surface area contributed by atoms with E-state index >= 15 is 0 Å². The van der Waals surface area contributed by atoms with Gasteiger partial charge in [0.2, 0.25) is 5.91 Å². The fourth-order valence-corrected chi connectivity index (χ4v) is 3.02. The van der Waals surface area contributed by atoms with Crippen LogP contribution in [0, 0.1) is 5.92 Å². The van der Waals surface area contributed by atoms with Crippen molar-refractivity contribution in [2.45, 2.75) is 57.3 Å². The summed E-state index contributed by atoms with van der Waals surface area (Å²) in [5.41, 5.74) is 0. The Kier molecular flexibility index (Phi) is 4.05. The van der Waals surface area contributed by atoms with Crippen molar-refractivity contribution in [2.75, 3.05) is 13.7 Å². The summed E-state index contributed by atoms with van der Waals surface area (Å²) < 4.78 is 5.44. The Morgan fingerprint density at radius 1 is 1.29 bits per heavy atom. The number of carbonyl (C=O) groups is 1. The van der Waals surface area contributed by atoms with Gasteiger partial charge in [0.05, 0.1) is 24.2 Å². The molecule has 0 radical (unpaired) electrons. The molecule has 2 fully saturated rings. The number of rotatable bonds is 2. The van der Waals surface area contributed by atoms with Crippen LogP contribution in [0.2, 0.25) is 0 Å². The minimum atomic E-state index is -0.352. The number of aliphatic hydroxyl groups excluding tert-OH is 1. The Bertz CT molecular complexity index is 282. The molecule has 0 spiro atoms. The van der Waals surface area contributed by atoms with Crippen LogP contribution < -0.4 is 0 Å². The van der Waals surface area contributed by atoms with Crippen molar-refractivity contribution in [3.05, 3.63) is 0 Å². The maximum Gasteiger partial charge on any atom is 0.228 e. The highest BCUT2D eigenvalue weighted by Gasteiger charge is 2.37. The van der Waals surface area contributed by atoms with Crippen LogP contribution in [0.4, 0.5) is 0 Å². The number of aliphatic hydroxyl groups is 1. The molecule has 1 saturated heterocycles. The molecule has 0 aromatic carbocycles. The molecule has 1 heterocycles. The molecule has 1 saturated carbocycles. The highest BCUT2D eigenvalue weighted by molar-refractivity contribution is 5.79. The van der Waals surface area contributed by atoms with Crippen LogP contribution in [-0.2, 0) is 9.53 Å². The van der Waals surface area contributed by atoms with Crippen molar-refractivity contribution in [1.29, 1.82) is 0 Å². The van der Waals surface area contributed by atoms with E-state index in [-0.39, 0.29) is 30.1 Å². The first-order chi connectivity index (χ1) is 8.11. The lowest BCUT2D eigenvalue weighted by Gasteiger charge is -2.36. The maximum atomic E-state index is 12.3. The van der Waals surface area contributed by atoms with Crippen LogP contribution >= 0.6 is 0 Å². The summed E-state index contributed by atoms with van der Waals surface area (Å²) >= 11 is 0. The van der Waals surface area contributed by atoms with E-state index in [1.807, 2.05) is 14.0 Å². The normalized spacial score (nSPS) is 38.1. The number of nitrogens with zero attached hydrogens (tertiary/aromatic N) is 1. The Morgan fingerprint density at radius 2 is 2.00 bits per heavy atom. The molecular formula is C13H23NO3. The second-order valence-electron chi connectivity index (χ2n) is 5.34. The molecule has 1 aliphatic carbocycles. The average molecular weight is 241 g/mol. The quantitative estimate of drug-likeness (QED) is 0.789. The van der Waals surface area contributed by atoms with Crippen LogP contribution in [0.1, 0.15) is 39.0 Å². The predicted octanol–water partition coefficient (Wildman–Crippen LogP) is 1.17. The summed E-state index contributed by atoms with van der Waals surface area (Å²) in [5.74, 6) is 0.120. The molecule has 2 rings (SSSR count). The largest absolute Gasteiger partial charge is 0.391 e. The van der Waals surface area contributed by atoms with E-state index in [2.05, 4.69) is 0 Å². The molecule has 4 heteroatoms. The van der Waals surface area contributed by atoms with Gasteiger partial charge in [0.15, 0.2) is 0 Å². The lowest BCUT2D eigenvalue weighted by molar-refractivity contribution is -0.141. The molecular weight excluding hydrogens is 218 g/mol. The van der Waals surface area contributed by atoms with Crippen LogP contribution in [0.15, 0.2) is 0 Å². The van der Waals surface area contributed by atoms with Gasteiger partial charge in [-0.3, -0.25) is 4.79 Å². The van der Waals surface area contributed by atoms with Gasteiger partial charge in [0, 0.05) is 13.7 Å². The molecule has 98 valence electrons. The molecule has 0 aromatic heterocycles. The first kappa shape index (κ1) is 12.8. The molecule has 2 aliphatic rings. The second-order valence-corrected chi connectivity index (χ2v) is 5.34. The molecule has 1 aliphatic heterocycles. The maximum absolute atomic E-state index is 12.3. The molecule has 0 aromatic rings. The van der Waals surface area contributed by atoms with E-state index in [0.717, 1.165) is 32.1 Å². The highest BCUT2D eigenvalue weighted by atomic mass is 16.5. The van der Waals surface area contributed by atoms with Gasteiger partial charge in [-0.25, -0.2) is 0 Å². The summed E-state index contributed by atoms with van der Waals surface area (Å²) in [4.78, 5) is 14.1. The monoisotopic (exact) mass is 241 g/mol. The van der Waals surface area contributed by atoms with Gasteiger partial charge in [-0.15, -0.1) is 0 Å².